The summed E-state index contributed by atoms with van der Waals surface area (Å²) in [6, 6.07) is 3.93. The van der Waals surface area contributed by atoms with Crippen LogP contribution in [0, 0.1) is 0 Å². The van der Waals surface area contributed by atoms with Crippen LogP contribution in [-0.2, 0) is 0 Å². The van der Waals surface area contributed by atoms with Crippen LogP contribution in [0.5, 0.6) is 0 Å². The van der Waals surface area contributed by atoms with Gasteiger partial charge in [-0.05, 0) is 23.3 Å². The lowest BCUT2D eigenvalue weighted by atomic mass is 9.94. The molecule has 2 heterocycles. The molecule has 0 radical (unpaired) electrons. The zero-order chi connectivity index (χ0) is 10.5. The van der Waals surface area contributed by atoms with Crippen LogP contribution in [0.3, 0.4) is 0 Å². The summed E-state index contributed by atoms with van der Waals surface area (Å²) in [6.07, 6.45) is 8.64. The van der Waals surface area contributed by atoms with E-state index in [1.807, 2.05) is 12.1 Å². The van der Waals surface area contributed by atoms with E-state index in [0.29, 0.717) is 6.54 Å². The Morgan fingerprint density at radius 2 is 1.67 bits per heavy atom. The maximum absolute atomic E-state index is 5.76. The van der Waals surface area contributed by atoms with Gasteiger partial charge in [0.25, 0.3) is 0 Å². The zero-order valence-electron chi connectivity index (χ0n) is 8.24. The number of nitrogens with two attached hydrogens (primary N) is 1. The first-order valence-electron chi connectivity index (χ1n) is 4.76. The molecule has 0 spiro atoms. The number of rotatable bonds is 3. The Morgan fingerprint density at radius 1 is 1.00 bits per heavy atom. The molecule has 1 atom stereocenters. The highest BCUT2D eigenvalue weighted by atomic mass is 14.8. The molecule has 4 nitrogen and oxygen atoms in total. The molecule has 0 bridgehead atoms. The van der Waals surface area contributed by atoms with Gasteiger partial charge in [0.05, 0.1) is 0 Å². The molecular weight excluding hydrogens is 188 g/mol. The summed E-state index contributed by atoms with van der Waals surface area (Å²) in [4.78, 5) is 12.0. The Labute approximate surface area is 88.2 Å². The van der Waals surface area contributed by atoms with Crippen molar-refractivity contribution in [2.75, 3.05) is 6.54 Å². The van der Waals surface area contributed by atoms with E-state index < -0.39 is 0 Å². The normalized spacial score (nSPS) is 12.3. The molecule has 0 saturated carbocycles. The number of hydrogen-bond acceptors (Lipinski definition) is 4. The van der Waals surface area contributed by atoms with Gasteiger partial charge in [0, 0.05) is 37.3 Å². The second kappa shape index (κ2) is 4.61. The van der Waals surface area contributed by atoms with Crippen LogP contribution in [0.2, 0.25) is 0 Å². The van der Waals surface area contributed by atoms with Crippen molar-refractivity contribution in [3.8, 4) is 0 Å². The molecule has 2 N–H and O–H groups in total. The van der Waals surface area contributed by atoms with Gasteiger partial charge in [-0.15, -0.1) is 0 Å². The molecule has 2 rings (SSSR count). The SMILES string of the molecule is NCC(c1ccncc1)c1cncnc1. The van der Waals surface area contributed by atoms with Gasteiger partial charge < -0.3 is 5.73 Å². The van der Waals surface area contributed by atoms with Crippen LogP contribution in [0.15, 0.2) is 43.2 Å². The van der Waals surface area contributed by atoms with Gasteiger partial charge in [-0.3, -0.25) is 4.98 Å². The number of nitrogens with zero attached hydrogens (tertiary/aromatic N) is 3. The Hall–Kier alpha value is -1.81. The van der Waals surface area contributed by atoms with Crippen LogP contribution >= 0.6 is 0 Å². The summed E-state index contributed by atoms with van der Waals surface area (Å²) in [5.74, 6) is 0.147. The predicted octanol–water partition coefficient (Wildman–Crippen LogP) is 0.962. The molecule has 2 aromatic rings. The van der Waals surface area contributed by atoms with Gasteiger partial charge in [-0.2, -0.15) is 0 Å². The third kappa shape index (κ3) is 2.16. The molecule has 0 fully saturated rings. The monoisotopic (exact) mass is 200 g/mol. The van der Waals surface area contributed by atoms with Crippen molar-refractivity contribution < 1.29 is 0 Å². The van der Waals surface area contributed by atoms with Gasteiger partial charge in [-0.1, -0.05) is 0 Å². The van der Waals surface area contributed by atoms with Gasteiger partial charge >= 0.3 is 0 Å². The zero-order valence-corrected chi connectivity index (χ0v) is 8.24. The molecule has 0 amide bonds. The second-order valence-electron chi connectivity index (χ2n) is 3.24. The molecule has 0 aliphatic carbocycles. The molecule has 0 saturated heterocycles. The third-order valence-corrected chi connectivity index (χ3v) is 2.33. The fourth-order valence-electron chi connectivity index (χ4n) is 1.55. The molecule has 76 valence electrons. The number of hydrogen-bond donors (Lipinski definition) is 1. The first kappa shape index (κ1) is 9.73. The lowest BCUT2D eigenvalue weighted by Gasteiger charge is -2.13. The molecule has 4 heteroatoms. The van der Waals surface area contributed by atoms with Gasteiger partial charge in [-0.25, -0.2) is 9.97 Å². The maximum atomic E-state index is 5.76. The Bertz CT molecular complexity index is 362. The average molecular weight is 200 g/mol. The van der Waals surface area contributed by atoms with Crippen molar-refractivity contribution in [2.24, 2.45) is 5.73 Å². The highest BCUT2D eigenvalue weighted by Gasteiger charge is 2.12. The minimum Gasteiger partial charge on any atom is -0.330 e. The van der Waals surface area contributed by atoms with Gasteiger partial charge in [0.15, 0.2) is 0 Å². The van der Waals surface area contributed by atoms with Crippen molar-refractivity contribution in [3.05, 3.63) is 54.4 Å². The fourth-order valence-corrected chi connectivity index (χ4v) is 1.55. The van der Waals surface area contributed by atoms with Crippen LogP contribution in [0.4, 0.5) is 0 Å². The highest BCUT2D eigenvalue weighted by Crippen LogP contribution is 2.21. The molecule has 1 unspecified atom stereocenters. The van der Waals surface area contributed by atoms with Crippen molar-refractivity contribution in [3.63, 3.8) is 0 Å². The fraction of sp³-hybridized carbons (Fsp3) is 0.182. The van der Waals surface area contributed by atoms with E-state index in [1.165, 1.54) is 6.33 Å². The second-order valence-corrected chi connectivity index (χ2v) is 3.24. The average Bonchev–Trinajstić information content (AvgIpc) is 2.33. The first-order valence-corrected chi connectivity index (χ1v) is 4.76. The van der Waals surface area contributed by atoms with Crippen LogP contribution in [0.1, 0.15) is 17.0 Å². The van der Waals surface area contributed by atoms with Crippen LogP contribution in [-0.4, -0.2) is 21.5 Å². The summed E-state index contributed by atoms with van der Waals surface area (Å²) in [5.41, 5.74) is 7.94. The first-order chi connectivity index (χ1) is 7.42. The minimum absolute atomic E-state index is 0.147. The molecule has 0 aliphatic heterocycles. The van der Waals surface area contributed by atoms with Crippen molar-refractivity contribution in [1.82, 2.24) is 15.0 Å². The van der Waals surface area contributed by atoms with E-state index in [4.69, 9.17) is 5.73 Å². The highest BCUT2D eigenvalue weighted by molar-refractivity contribution is 5.28. The molecule has 0 aromatic carbocycles. The quantitative estimate of drug-likeness (QED) is 0.801. The summed E-state index contributed by atoms with van der Waals surface area (Å²) in [6.45, 7) is 0.539. The van der Waals surface area contributed by atoms with E-state index in [2.05, 4.69) is 15.0 Å². The Balaban J connectivity index is 2.34. The van der Waals surface area contributed by atoms with Gasteiger partial charge in [0.2, 0.25) is 0 Å². The standard InChI is InChI=1S/C11H12N4/c12-5-11(9-1-3-13-4-2-9)10-6-14-8-15-7-10/h1-4,6-8,11H,5,12H2. The van der Waals surface area contributed by atoms with E-state index in [-0.39, 0.29) is 5.92 Å². The predicted molar refractivity (Wildman–Crippen MR) is 57.2 cm³/mol. The van der Waals surface area contributed by atoms with Crippen LogP contribution in [0.25, 0.3) is 0 Å². The van der Waals surface area contributed by atoms with E-state index in [1.54, 1.807) is 24.8 Å². The van der Waals surface area contributed by atoms with Crippen molar-refractivity contribution in [1.29, 1.82) is 0 Å². The molecule has 0 aliphatic rings. The van der Waals surface area contributed by atoms with Gasteiger partial charge in [0.1, 0.15) is 6.33 Å². The number of pyridine rings is 1. The smallest absolute Gasteiger partial charge is 0.115 e. The molecule has 15 heavy (non-hydrogen) atoms. The van der Waals surface area contributed by atoms with Crippen molar-refractivity contribution in [2.45, 2.75) is 5.92 Å². The maximum Gasteiger partial charge on any atom is 0.115 e. The molecule has 2 aromatic heterocycles. The Kier molecular flexibility index (Phi) is 2.99. The summed E-state index contributed by atoms with van der Waals surface area (Å²) < 4.78 is 0. The Morgan fingerprint density at radius 3 is 2.27 bits per heavy atom. The lowest BCUT2D eigenvalue weighted by molar-refractivity contribution is 0.803. The largest absolute Gasteiger partial charge is 0.330 e. The topological polar surface area (TPSA) is 64.7 Å². The summed E-state index contributed by atoms with van der Waals surface area (Å²) in [7, 11) is 0. The third-order valence-electron chi connectivity index (χ3n) is 2.33. The van der Waals surface area contributed by atoms with E-state index in [0.717, 1.165) is 11.1 Å². The minimum atomic E-state index is 0.147. The van der Waals surface area contributed by atoms with E-state index >= 15 is 0 Å². The lowest BCUT2D eigenvalue weighted by Crippen LogP contribution is -2.14. The summed E-state index contributed by atoms with van der Waals surface area (Å²) >= 11 is 0. The summed E-state index contributed by atoms with van der Waals surface area (Å²) in [5, 5.41) is 0. The number of aromatic nitrogens is 3. The van der Waals surface area contributed by atoms with E-state index in [9.17, 15) is 0 Å². The van der Waals surface area contributed by atoms with Crippen molar-refractivity contribution >= 4 is 0 Å². The molecular formula is C11H12N4. The van der Waals surface area contributed by atoms with Crippen LogP contribution < -0.4 is 5.73 Å².